The van der Waals surface area contributed by atoms with E-state index in [9.17, 15) is 4.79 Å². The van der Waals surface area contributed by atoms with E-state index in [-0.39, 0.29) is 5.91 Å². The van der Waals surface area contributed by atoms with Gasteiger partial charge in [-0.15, -0.1) is 0 Å². The maximum atomic E-state index is 12.2. The Labute approximate surface area is 135 Å². The maximum absolute atomic E-state index is 12.2. The fraction of sp³-hybridized carbons (Fsp3) is 0.263. The highest BCUT2D eigenvalue weighted by Crippen LogP contribution is 2.20. The SMILES string of the molecule is Cc1cc2cc(C(=O)NCCCCc3ccccn3)ccc2o1. The number of hydrogen-bond donors (Lipinski definition) is 1. The van der Waals surface area contributed by atoms with Gasteiger partial charge in [-0.3, -0.25) is 9.78 Å². The first-order valence-electron chi connectivity index (χ1n) is 7.91. The molecule has 2 aromatic heterocycles. The molecule has 4 heteroatoms. The quantitative estimate of drug-likeness (QED) is 0.703. The fourth-order valence-electron chi connectivity index (χ4n) is 2.60. The van der Waals surface area contributed by atoms with Crippen molar-refractivity contribution < 1.29 is 9.21 Å². The first-order valence-corrected chi connectivity index (χ1v) is 7.91. The molecular weight excluding hydrogens is 288 g/mol. The average molecular weight is 308 g/mol. The Morgan fingerprint density at radius 1 is 1.17 bits per heavy atom. The van der Waals surface area contributed by atoms with E-state index < -0.39 is 0 Å². The summed E-state index contributed by atoms with van der Waals surface area (Å²) in [7, 11) is 0. The molecule has 0 spiro atoms. The molecule has 1 N–H and O–H groups in total. The maximum Gasteiger partial charge on any atom is 0.251 e. The largest absolute Gasteiger partial charge is 0.461 e. The molecule has 1 amide bonds. The van der Waals surface area contributed by atoms with E-state index in [0.29, 0.717) is 12.1 Å². The molecule has 2 heterocycles. The van der Waals surface area contributed by atoms with Gasteiger partial charge in [-0.25, -0.2) is 0 Å². The lowest BCUT2D eigenvalue weighted by Crippen LogP contribution is -2.24. The lowest BCUT2D eigenvalue weighted by atomic mass is 10.1. The lowest BCUT2D eigenvalue weighted by molar-refractivity contribution is 0.0953. The van der Waals surface area contributed by atoms with E-state index in [4.69, 9.17) is 4.42 Å². The Kier molecular flexibility index (Phi) is 4.71. The number of furan rings is 1. The van der Waals surface area contributed by atoms with Crippen LogP contribution in [0.3, 0.4) is 0 Å². The van der Waals surface area contributed by atoms with E-state index >= 15 is 0 Å². The topological polar surface area (TPSA) is 55.1 Å². The first kappa shape index (κ1) is 15.3. The summed E-state index contributed by atoms with van der Waals surface area (Å²) in [6.45, 7) is 2.58. The molecule has 3 aromatic rings. The summed E-state index contributed by atoms with van der Waals surface area (Å²) in [5.74, 6) is 0.815. The molecule has 0 aliphatic carbocycles. The van der Waals surface area contributed by atoms with Crippen LogP contribution in [0.1, 0.15) is 34.7 Å². The monoisotopic (exact) mass is 308 g/mol. The molecule has 0 radical (unpaired) electrons. The minimum atomic E-state index is -0.0383. The summed E-state index contributed by atoms with van der Waals surface area (Å²) < 4.78 is 5.52. The highest BCUT2D eigenvalue weighted by molar-refractivity contribution is 5.97. The molecule has 4 nitrogen and oxygen atoms in total. The van der Waals surface area contributed by atoms with Crippen molar-refractivity contribution in [2.75, 3.05) is 6.54 Å². The number of carbonyl (C=O) groups is 1. The number of unbranched alkanes of at least 4 members (excludes halogenated alkanes) is 1. The number of benzene rings is 1. The zero-order chi connectivity index (χ0) is 16.1. The standard InChI is InChI=1S/C19H20N2O2/c1-14-12-16-13-15(8-9-18(16)23-14)19(22)21-11-5-3-7-17-6-2-4-10-20-17/h2,4,6,8-10,12-13H,3,5,7,11H2,1H3,(H,21,22). The number of pyridine rings is 1. The molecular formula is C19H20N2O2. The Morgan fingerprint density at radius 3 is 2.91 bits per heavy atom. The number of nitrogens with zero attached hydrogens (tertiary/aromatic N) is 1. The van der Waals surface area contributed by atoms with Crippen molar-refractivity contribution in [2.24, 2.45) is 0 Å². The summed E-state index contributed by atoms with van der Waals surface area (Å²) in [5.41, 5.74) is 2.58. The molecule has 0 atom stereocenters. The number of rotatable bonds is 6. The van der Waals surface area contributed by atoms with Crippen molar-refractivity contribution in [3.8, 4) is 0 Å². The Hall–Kier alpha value is -2.62. The van der Waals surface area contributed by atoms with Gasteiger partial charge in [0.25, 0.3) is 5.91 Å². The second-order valence-corrected chi connectivity index (χ2v) is 5.64. The summed E-state index contributed by atoms with van der Waals surface area (Å²) in [5, 5.41) is 3.93. The molecule has 0 bridgehead atoms. The third-order valence-corrected chi connectivity index (χ3v) is 3.77. The normalized spacial score (nSPS) is 10.8. The Morgan fingerprint density at radius 2 is 2.09 bits per heavy atom. The zero-order valence-electron chi connectivity index (χ0n) is 13.2. The first-order chi connectivity index (χ1) is 11.2. The van der Waals surface area contributed by atoms with Gasteiger partial charge in [0.2, 0.25) is 0 Å². The fourth-order valence-corrected chi connectivity index (χ4v) is 2.60. The Balaban J connectivity index is 1.46. The predicted octanol–water partition coefficient (Wildman–Crippen LogP) is 3.89. The predicted molar refractivity (Wildman–Crippen MR) is 90.5 cm³/mol. The zero-order valence-corrected chi connectivity index (χ0v) is 13.2. The van der Waals surface area contributed by atoms with E-state index in [1.165, 1.54) is 0 Å². The minimum Gasteiger partial charge on any atom is -0.461 e. The van der Waals surface area contributed by atoms with Gasteiger partial charge in [0, 0.05) is 29.4 Å². The summed E-state index contributed by atoms with van der Waals surface area (Å²) in [4.78, 5) is 16.5. The third kappa shape index (κ3) is 3.97. The second kappa shape index (κ2) is 7.09. The van der Waals surface area contributed by atoms with Crippen LogP contribution in [0.25, 0.3) is 11.0 Å². The molecule has 23 heavy (non-hydrogen) atoms. The number of fused-ring (bicyclic) bond motifs is 1. The van der Waals surface area contributed by atoms with E-state index in [2.05, 4.69) is 10.3 Å². The van der Waals surface area contributed by atoms with Crippen LogP contribution in [-0.2, 0) is 6.42 Å². The molecule has 0 saturated heterocycles. The molecule has 0 aliphatic rings. The minimum absolute atomic E-state index is 0.0383. The lowest BCUT2D eigenvalue weighted by Gasteiger charge is -2.05. The average Bonchev–Trinajstić information content (AvgIpc) is 2.94. The Bertz CT molecular complexity index is 793. The van der Waals surface area contributed by atoms with Gasteiger partial charge in [-0.1, -0.05) is 6.07 Å². The van der Waals surface area contributed by atoms with Gasteiger partial charge in [-0.05, 0) is 62.6 Å². The molecule has 1 aromatic carbocycles. The highest BCUT2D eigenvalue weighted by Gasteiger charge is 2.08. The van der Waals surface area contributed by atoms with Crippen molar-refractivity contribution in [2.45, 2.75) is 26.2 Å². The molecule has 0 unspecified atom stereocenters. The number of carbonyl (C=O) groups excluding carboxylic acids is 1. The van der Waals surface area contributed by atoms with Crippen molar-refractivity contribution in [3.05, 3.63) is 65.7 Å². The van der Waals surface area contributed by atoms with E-state index in [0.717, 1.165) is 41.7 Å². The van der Waals surface area contributed by atoms with Crippen LogP contribution in [0.4, 0.5) is 0 Å². The molecule has 0 saturated carbocycles. The number of amides is 1. The third-order valence-electron chi connectivity index (χ3n) is 3.77. The summed E-state index contributed by atoms with van der Waals surface area (Å²) in [6.07, 6.45) is 4.70. The van der Waals surface area contributed by atoms with Gasteiger partial charge in [0.1, 0.15) is 11.3 Å². The van der Waals surface area contributed by atoms with Crippen LogP contribution in [0.15, 0.2) is 53.1 Å². The van der Waals surface area contributed by atoms with Crippen LogP contribution in [0.2, 0.25) is 0 Å². The van der Waals surface area contributed by atoms with E-state index in [1.54, 1.807) is 6.07 Å². The molecule has 0 aliphatic heterocycles. The van der Waals surface area contributed by atoms with Crippen molar-refractivity contribution in [1.29, 1.82) is 0 Å². The number of hydrogen-bond acceptors (Lipinski definition) is 3. The smallest absolute Gasteiger partial charge is 0.251 e. The van der Waals surface area contributed by atoms with Crippen LogP contribution in [0, 0.1) is 6.92 Å². The van der Waals surface area contributed by atoms with Crippen molar-refractivity contribution >= 4 is 16.9 Å². The van der Waals surface area contributed by atoms with E-state index in [1.807, 2.05) is 49.5 Å². The van der Waals surface area contributed by atoms with Gasteiger partial charge >= 0.3 is 0 Å². The number of aryl methyl sites for hydroxylation is 2. The van der Waals surface area contributed by atoms with Crippen molar-refractivity contribution in [1.82, 2.24) is 10.3 Å². The van der Waals surface area contributed by atoms with Crippen LogP contribution in [-0.4, -0.2) is 17.4 Å². The number of aromatic nitrogens is 1. The van der Waals surface area contributed by atoms with Crippen LogP contribution < -0.4 is 5.32 Å². The summed E-state index contributed by atoms with van der Waals surface area (Å²) >= 11 is 0. The molecule has 118 valence electrons. The van der Waals surface area contributed by atoms with Gasteiger partial charge < -0.3 is 9.73 Å². The van der Waals surface area contributed by atoms with Gasteiger partial charge in [-0.2, -0.15) is 0 Å². The van der Waals surface area contributed by atoms with Gasteiger partial charge in [0.15, 0.2) is 0 Å². The second-order valence-electron chi connectivity index (χ2n) is 5.64. The molecule has 3 rings (SSSR count). The van der Waals surface area contributed by atoms with Gasteiger partial charge in [0.05, 0.1) is 0 Å². The highest BCUT2D eigenvalue weighted by atomic mass is 16.3. The summed E-state index contributed by atoms with van der Waals surface area (Å²) in [6, 6.07) is 13.4. The number of nitrogens with one attached hydrogen (secondary N) is 1. The molecule has 0 fully saturated rings. The van der Waals surface area contributed by atoms with Crippen LogP contribution in [0.5, 0.6) is 0 Å². The van der Waals surface area contributed by atoms with Crippen molar-refractivity contribution in [3.63, 3.8) is 0 Å². The van der Waals surface area contributed by atoms with Crippen LogP contribution >= 0.6 is 0 Å².